The third-order valence-corrected chi connectivity index (χ3v) is 7.78. The highest BCUT2D eigenvalue weighted by molar-refractivity contribution is 5.67. The van der Waals surface area contributed by atoms with Gasteiger partial charge in [-0.1, -0.05) is 6.42 Å². The molecule has 3 aliphatic heterocycles. The van der Waals surface area contributed by atoms with Crippen molar-refractivity contribution in [3.8, 4) is 5.75 Å². The number of nitrogens with one attached hydrogen (secondary N) is 1. The maximum absolute atomic E-state index is 14.5. The van der Waals surface area contributed by atoms with Gasteiger partial charge in [0.1, 0.15) is 5.60 Å². The third kappa shape index (κ3) is 5.16. The van der Waals surface area contributed by atoms with Crippen LogP contribution in [0, 0.1) is 17.7 Å². The van der Waals surface area contributed by atoms with E-state index in [1.54, 1.807) is 6.20 Å². The number of anilines is 3. The van der Waals surface area contributed by atoms with Gasteiger partial charge in [0.15, 0.2) is 23.2 Å². The first kappa shape index (κ1) is 23.6. The summed E-state index contributed by atoms with van der Waals surface area (Å²) >= 11 is 0. The summed E-state index contributed by atoms with van der Waals surface area (Å²) in [7, 11) is 0. The Morgan fingerprint density at radius 3 is 2.86 bits per heavy atom. The van der Waals surface area contributed by atoms with E-state index in [1.165, 1.54) is 51.4 Å². The van der Waals surface area contributed by atoms with Crippen molar-refractivity contribution in [3.05, 3.63) is 24.3 Å². The summed E-state index contributed by atoms with van der Waals surface area (Å²) in [4.78, 5) is 22.6. The zero-order chi connectivity index (χ0) is 24.7. The van der Waals surface area contributed by atoms with Gasteiger partial charge in [-0.25, -0.2) is 19.4 Å². The normalized spacial score (nSPS) is 25.8. The number of aliphatic imine (C=N–C) groups is 1. The largest absolute Gasteiger partial charge is 0.482 e. The maximum atomic E-state index is 14.5. The van der Waals surface area contributed by atoms with Crippen LogP contribution in [-0.4, -0.2) is 63.9 Å². The van der Waals surface area contributed by atoms with E-state index in [2.05, 4.69) is 43.9 Å². The molecule has 4 aliphatic rings. The van der Waals surface area contributed by atoms with Crippen molar-refractivity contribution in [1.29, 1.82) is 0 Å². The average Bonchev–Trinajstić information content (AvgIpc) is 3.67. The van der Waals surface area contributed by atoms with Crippen molar-refractivity contribution < 1.29 is 9.13 Å². The van der Waals surface area contributed by atoms with Gasteiger partial charge in [0, 0.05) is 30.8 Å². The van der Waals surface area contributed by atoms with E-state index in [9.17, 15) is 4.39 Å². The van der Waals surface area contributed by atoms with Crippen LogP contribution in [0.15, 0.2) is 23.5 Å². The highest BCUT2D eigenvalue weighted by Gasteiger charge is 2.36. The molecule has 3 fully saturated rings. The molecule has 1 aliphatic carbocycles. The van der Waals surface area contributed by atoms with Gasteiger partial charge < -0.3 is 15.0 Å². The Morgan fingerprint density at radius 2 is 2.00 bits per heavy atom. The van der Waals surface area contributed by atoms with Gasteiger partial charge >= 0.3 is 0 Å². The Labute approximate surface area is 212 Å². The summed E-state index contributed by atoms with van der Waals surface area (Å²) in [6.07, 6.45) is 13.4. The van der Waals surface area contributed by atoms with Crippen molar-refractivity contribution in [2.45, 2.75) is 70.4 Å². The molecule has 8 nitrogen and oxygen atoms in total. The Balaban J connectivity index is 1.18. The maximum Gasteiger partial charge on any atom is 0.229 e. The summed E-state index contributed by atoms with van der Waals surface area (Å²) in [6.45, 7) is 8.36. The van der Waals surface area contributed by atoms with Gasteiger partial charge in [0.2, 0.25) is 5.95 Å². The van der Waals surface area contributed by atoms with Crippen molar-refractivity contribution >= 4 is 29.5 Å². The summed E-state index contributed by atoms with van der Waals surface area (Å²) in [5, 5.41) is 3.17. The van der Waals surface area contributed by atoms with Crippen LogP contribution in [0.25, 0.3) is 0 Å². The van der Waals surface area contributed by atoms with Crippen LogP contribution in [-0.2, 0) is 0 Å². The van der Waals surface area contributed by atoms with E-state index < -0.39 is 5.82 Å². The van der Waals surface area contributed by atoms with Crippen LogP contribution < -0.4 is 15.0 Å². The summed E-state index contributed by atoms with van der Waals surface area (Å²) < 4.78 is 20.8. The third-order valence-electron chi connectivity index (χ3n) is 7.78. The molecule has 2 saturated heterocycles. The lowest BCUT2D eigenvalue weighted by Gasteiger charge is -2.43. The second-order valence-electron chi connectivity index (χ2n) is 11.4. The molecule has 1 saturated carbocycles. The first-order chi connectivity index (χ1) is 17.4. The minimum atomic E-state index is -0.516. The fourth-order valence-corrected chi connectivity index (χ4v) is 5.93. The zero-order valence-electron chi connectivity index (χ0n) is 21.3. The highest BCUT2D eigenvalue weighted by Crippen LogP contribution is 2.40. The zero-order valence-corrected chi connectivity index (χ0v) is 21.3. The van der Waals surface area contributed by atoms with Crippen LogP contribution in [0.5, 0.6) is 5.75 Å². The number of rotatable bonds is 6. The molecule has 36 heavy (non-hydrogen) atoms. The first-order valence-corrected chi connectivity index (χ1v) is 13.5. The Bertz CT molecular complexity index is 1130. The first-order valence-electron chi connectivity index (χ1n) is 13.5. The summed E-state index contributed by atoms with van der Waals surface area (Å²) in [5.41, 5.74) is 0.397. The van der Waals surface area contributed by atoms with Gasteiger partial charge in [-0.05, 0) is 71.4 Å². The van der Waals surface area contributed by atoms with Crippen molar-refractivity contribution in [2.75, 3.05) is 36.4 Å². The number of pyridine rings is 1. The van der Waals surface area contributed by atoms with Crippen LogP contribution in [0.2, 0.25) is 0 Å². The smallest absolute Gasteiger partial charge is 0.229 e. The molecule has 0 spiro atoms. The van der Waals surface area contributed by atoms with Crippen molar-refractivity contribution in [1.82, 2.24) is 19.9 Å². The number of nitrogens with zero attached hydrogens (tertiary/aromatic N) is 6. The van der Waals surface area contributed by atoms with E-state index in [0.717, 1.165) is 43.4 Å². The number of hydrogen-bond donors (Lipinski definition) is 1. The minimum absolute atomic E-state index is 0.0688. The number of ether oxygens (including phenoxy) is 1. The molecule has 0 amide bonds. The molecule has 5 heterocycles. The molecule has 9 heteroatoms. The van der Waals surface area contributed by atoms with Gasteiger partial charge in [-0.3, -0.25) is 4.90 Å². The second kappa shape index (κ2) is 9.57. The summed E-state index contributed by atoms with van der Waals surface area (Å²) in [6, 6.07) is 2.45. The van der Waals surface area contributed by atoms with Gasteiger partial charge in [0.25, 0.3) is 0 Å². The fourth-order valence-electron chi connectivity index (χ4n) is 5.93. The minimum Gasteiger partial charge on any atom is -0.482 e. The van der Waals surface area contributed by atoms with Crippen LogP contribution >= 0.6 is 0 Å². The van der Waals surface area contributed by atoms with Crippen LogP contribution in [0.1, 0.15) is 58.8 Å². The van der Waals surface area contributed by atoms with E-state index >= 15 is 0 Å². The molecule has 0 radical (unpaired) electrons. The lowest BCUT2D eigenvalue weighted by atomic mass is 9.84. The van der Waals surface area contributed by atoms with E-state index in [0.29, 0.717) is 17.6 Å². The lowest BCUT2D eigenvalue weighted by molar-refractivity contribution is 0.0870. The number of halogens is 1. The molecule has 2 aromatic rings. The van der Waals surface area contributed by atoms with Gasteiger partial charge in [-0.15, -0.1) is 0 Å². The molecule has 2 atom stereocenters. The monoisotopic (exact) mass is 493 g/mol. The van der Waals surface area contributed by atoms with Crippen molar-refractivity contribution in [2.24, 2.45) is 16.8 Å². The second-order valence-corrected chi connectivity index (χ2v) is 11.4. The molecule has 1 unspecified atom stereocenters. The average molecular weight is 494 g/mol. The molecule has 1 N–H and O–H groups in total. The SMILES string of the molecule is CC1(C)CN(CC2CC2)c2ncc(Nc3ncc(F)c(/N=C\C4CCCN5CCCC[C@H]45)n3)cc2O1. The van der Waals surface area contributed by atoms with Gasteiger partial charge in [-0.2, -0.15) is 4.98 Å². The van der Waals surface area contributed by atoms with Crippen molar-refractivity contribution in [3.63, 3.8) is 0 Å². The van der Waals surface area contributed by atoms with Crippen LogP contribution in [0.3, 0.4) is 0 Å². The van der Waals surface area contributed by atoms with E-state index in [-0.39, 0.29) is 17.4 Å². The lowest BCUT2D eigenvalue weighted by Crippen LogP contribution is -2.48. The molecule has 2 aromatic heterocycles. The van der Waals surface area contributed by atoms with E-state index in [4.69, 9.17) is 9.72 Å². The highest BCUT2D eigenvalue weighted by atomic mass is 19.1. The molecule has 192 valence electrons. The Morgan fingerprint density at radius 1 is 1.14 bits per heavy atom. The molecule has 0 bridgehead atoms. The predicted octanol–water partition coefficient (Wildman–Crippen LogP) is 5.11. The van der Waals surface area contributed by atoms with E-state index in [1.807, 2.05) is 12.3 Å². The number of fused-ring (bicyclic) bond motifs is 2. The molecule has 0 aromatic carbocycles. The molecule has 6 rings (SSSR count). The topological polar surface area (TPSA) is 78.8 Å². The Hall–Kier alpha value is -2.81. The van der Waals surface area contributed by atoms with Gasteiger partial charge in [0.05, 0.1) is 24.6 Å². The van der Waals surface area contributed by atoms with Crippen LogP contribution in [0.4, 0.5) is 27.7 Å². The standard InChI is InChI=1S/C27H36FN7O/c1-27(2)17-35(16-18-8-9-18)25-23(36-27)12-20(14-30-25)32-26-31-15-21(28)24(33-26)29-13-19-6-5-11-34-10-4-3-7-22(19)34/h12-15,18-19,22H,3-11,16-17H2,1-2H3,(H,31,32,33)/b29-13-/t19?,22-/m1/s1. The predicted molar refractivity (Wildman–Crippen MR) is 139 cm³/mol. The number of piperidine rings is 2. The number of aromatic nitrogens is 3. The quantitative estimate of drug-likeness (QED) is 0.560. The summed E-state index contributed by atoms with van der Waals surface area (Å²) in [5.74, 6) is 2.56. The Kier molecular flexibility index (Phi) is 6.27. The fraction of sp³-hybridized carbons (Fsp3) is 0.630. The number of hydrogen-bond acceptors (Lipinski definition) is 8. The molecular formula is C27H36FN7O. The molecular weight excluding hydrogens is 457 g/mol.